The molecule has 1 aromatic rings. The minimum absolute atomic E-state index is 0.222. The molecule has 0 radical (unpaired) electrons. The minimum Gasteiger partial charge on any atom is -0.493 e. The number of methoxy groups -OCH3 is 3. The quantitative estimate of drug-likeness (QED) is 0.866. The summed E-state index contributed by atoms with van der Waals surface area (Å²) in [5.41, 5.74) is 6.54. The van der Waals surface area contributed by atoms with Crippen molar-refractivity contribution in [2.24, 2.45) is 11.1 Å². The standard InChI is InChI=1S/C15H25NO4/c1-15(2,3)14(16)12(17)9-7-10(18-4)13(20-6)11(8-9)19-5/h7-8,12,14,17H,16H2,1-6H3. The average molecular weight is 283 g/mol. The van der Waals surface area contributed by atoms with E-state index in [2.05, 4.69) is 0 Å². The zero-order valence-electron chi connectivity index (χ0n) is 13.1. The van der Waals surface area contributed by atoms with Crippen LogP contribution in [-0.2, 0) is 0 Å². The van der Waals surface area contributed by atoms with Crippen molar-refractivity contribution < 1.29 is 19.3 Å². The van der Waals surface area contributed by atoms with E-state index >= 15 is 0 Å². The van der Waals surface area contributed by atoms with E-state index in [0.717, 1.165) is 0 Å². The van der Waals surface area contributed by atoms with Gasteiger partial charge in [-0.1, -0.05) is 20.8 Å². The summed E-state index contributed by atoms with van der Waals surface area (Å²) in [6.45, 7) is 5.95. The Morgan fingerprint density at radius 2 is 1.45 bits per heavy atom. The molecule has 2 atom stereocenters. The number of hydrogen-bond acceptors (Lipinski definition) is 5. The highest BCUT2D eigenvalue weighted by molar-refractivity contribution is 5.54. The highest BCUT2D eigenvalue weighted by Gasteiger charge is 2.30. The summed E-state index contributed by atoms with van der Waals surface area (Å²) in [4.78, 5) is 0. The lowest BCUT2D eigenvalue weighted by atomic mass is 9.82. The Morgan fingerprint density at radius 1 is 1.00 bits per heavy atom. The van der Waals surface area contributed by atoms with Gasteiger partial charge in [0.15, 0.2) is 11.5 Å². The highest BCUT2D eigenvalue weighted by atomic mass is 16.5. The van der Waals surface area contributed by atoms with E-state index in [4.69, 9.17) is 19.9 Å². The average Bonchev–Trinajstić information content (AvgIpc) is 2.42. The van der Waals surface area contributed by atoms with E-state index in [9.17, 15) is 5.11 Å². The molecule has 5 heteroatoms. The molecule has 5 nitrogen and oxygen atoms in total. The second-order valence-electron chi connectivity index (χ2n) is 5.80. The van der Waals surface area contributed by atoms with Gasteiger partial charge < -0.3 is 25.1 Å². The maximum Gasteiger partial charge on any atom is 0.203 e. The second-order valence-corrected chi connectivity index (χ2v) is 5.80. The van der Waals surface area contributed by atoms with Gasteiger partial charge in [0, 0.05) is 6.04 Å². The largest absolute Gasteiger partial charge is 0.493 e. The molecular formula is C15H25NO4. The van der Waals surface area contributed by atoms with Crippen molar-refractivity contribution in [3.8, 4) is 17.2 Å². The SMILES string of the molecule is COc1cc(C(O)C(N)C(C)(C)C)cc(OC)c1OC. The number of aliphatic hydroxyl groups excluding tert-OH is 1. The first kappa shape index (κ1) is 16.6. The van der Waals surface area contributed by atoms with Crippen LogP contribution in [0.15, 0.2) is 12.1 Å². The van der Waals surface area contributed by atoms with Crippen LogP contribution in [-0.4, -0.2) is 32.5 Å². The zero-order chi connectivity index (χ0) is 15.5. The molecule has 0 saturated carbocycles. The summed E-state index contributed by atoms with van der Waals surface area (Å²) in [5.74, 6) is 1.50. The summed E-state index contributed by atoms with van der Waals surface area (Å²) >= 11 is 0. The van der Waals surface area contributed by atoms with Crippen LogP contribution in [0.4, 0.5) is 0 Å². The number of rotatable bonds is 5. The molecule has 0 spiro atoms. The Bertz CT molecular complexity index is 429. The van der Waals surface area contributed by atoms with Crippen LogP contribution in [0.25, 0.3) is 0 Å². The summed E-state index contributed by atoms with van der Waals surface area (Å²) in [5, 5.41) is 10.5. The summed E-state index contributed by atoms with van der Waals surface area (Å²) in [6.07, 6.45) is -0.816. The van der Waals surface area contributed by atoms with Crippen LogP contribution in [0.1, 0.15) is 32.4 Å². The Morgan fingerprint density at radius 3 is 1.75 bits per heavy atom. The summed E-state index contributed by atoms with van der Waals surface area (Å²) in [6, 6.07) is 3.03. The smallest absolute Gasteiger partial charge is 0.203 e. The van der Waals surface area contributed by atoms with Crippen LogP contribution in [0.2, 0.25) is 0 Å². The van der Waals surface area contributed by atoms with Crippen LogP contribution >= 0.6 is 0 Å². The lowest BCUT2D eigenvalue weighted by Gasteiger charge is -2.31. The molecule has 0 aliphatic rings. The molecule has 3 N–H and O–H groups in total. The molecule has 20 heavy (non-hydrogen) atoms. The molecule has 0 aliphatic heterocycles. The Balaban J connectivity index is 3.26. The number of aliphatic hydroxyl groups is 1. The Kier molecular flexibility index (Phi) is 5.25. The number of ether oxygens (including phenoxy) is 3. The van der Waals surface area contributed by atoms with E-state index in [-0.39, 0.29) is 5.41 Å². The van der Waals surface area contributed by atoms with Crippen molar-refractivity contribution in [2.75, 3.05) is 21.3 Å². The predicted molar refractivity (Wildman–Crippen MR) is 78.5 cm³/mol. The molecule has 0 aliphatic carbocycles. The normalized spacial score (nSPS) is 14.6. The third-order valence-corrected chi connectivity index (χ3v) is 3.37. The molecule has 0 bridgehead atoms. The van der Waals surface area contributed by atoms with E-state index in [0.29, 0.717) is 22.8 Å². The number of hydrogen-bond donors (Lipinski definition) is 2. The van der Waals surface area contributed by atoms with Crippen LogP contribution in [0.5, 0.6) is 17.2 Å². The molecule has 0 saturated heterocycles. The Hall–Kier alpha value is -1.46. The Labute approximate surface area is 120 Å². The lowest BCUT2D eigenvalue weighted by molar-refractivity contribution is 0.0921. The van der Waals surface area contributed by atoms with Gasteiger partial charge in [0.05, 0.1) is 27.4 Å². The fraction of sp³-hybridized carbons (Fsp3) is 0.600. The van der Waals surface area contributed by atoms with E-state index < -0.39 is 12.1 Å². The van der Waals surface area contributed by atoms with E-state index in [1.807, 2.05) is 20.8 Å². The first-order chi connectivity index (χ1) is 9.26. The van der Waals surface area contributed by atoms with Gasteiger partial charge >= 0.3 is 0 Å². The fourth-order valence-electron chi connectivity index (χ4n) is 1.95. The molecule has 0 aromatic heterocycles. The van der Waals surface area contributed by atoms with Gasteiger partial charge in [-0.05, 0) is 23.1 Å². The first-order valence-electron chi connectivity index (χ1n) is 6.49. The molecular weight excluding hydrogens is 258 g/mol. The monoisotopic (exact) mass is 283 g/mol. The second kappa shape index (κ2) is 6.33. The zero-order valence-corrected chi connectivity index (χ0v) is 13.1. The molecule has 1 rings (SSSR count). The molecule has 2 unspecified atom stereocenters. The number of nitrogens with two attached hydrogens (primary N) is 1. The third-order valence-electron chi connectivity index (χ3n) is 3.37. The topological polar surface area (TPSA) is 73.9 Å². The molecule has 0 amide bonds. The van der Waals surface area contributed by atoms with Gasteiger partial charge in [-0.25, -0.2) is 0 Å². The summed E-state index contributed by atoms with van der Waals surface area (Å²) in [7, 11) is 4.62. The van der Waals surface area contributed by atoms with Gasteiger partial charge in [0.1, 0.15) is 0 Å². The maximum absolute atomic E-state index is 10.5. The minimum atomic E-state index is -0.816. The van der Waals surface area contributed by atoms with E-state index in [1.54, 1.807) is 12.1 Å². The molecule has 114 valence electrons. The van der Waals surface area contributed by atoms with Gasteiger partial charge in [-0.3, -0.25) is 0 Å². The predicted octanol–water partition coefficient (Wildman–Crippen LogP) is 2.12. The third kappa shape index (κ3) is 3.35. The molecule has 0 fully saturated rings. The van der Waals surface area contributed by atoms with Crippen molar-refractivity contribution in [3.63, 3.8) is 0 Å². The van der Waals surface area contributed by atoms with Crippen molar-refractivity contribution >= 4 is 0 Å². The van der Waals surface area contributed by atoms with Crippen LogP contribution < -0.4 is 19.9 Å². The van der Waals surface area contributed by atoms with Gasteiger partial charge in [0.2, 0.25) is 5.75 Å². The van der Waals surface area contributed by atoms with Gasteiger partial charge in [-0.15, -0.1) is 0 Å². The molecule has 0 heterocycles. The van der Waals surface area contributed by atoms with Crippen molar-refractivity contribution in [1.29, 1.82) is 0 Å². The first-order valence-corrected chi connectivity index (χ1v) is 6.49. The van der Waals surface area contributed by atoms with Crippen molar-refractivity contribution in [2.45, 2.75) is 32.9 Å². The summed E-state index contributed by atoms with van der Waals surface area (Å²) < 4.78 is 15.8. The highest BCUT2D eigenvalue weighted by Crippen LogP contribution is 2.41. The van der Waals surface area contributed by atoms with Gasteiger partial charge in [-0.2, -0.15) is 0 Å². The van der Waals surface area contributed by atoms with Crippen LogP contribution in [0, 0.1) is 5.41 Å². The number of benzene rings is 1. The van der Waals surface area contributed by atoms with E-state index in [1.165, 1.54) is 21.3 Å². The van der Waals surface area contributed by atoms with Crippen molar-refractivity contribution in [3.05, 3.63) is 17.7 Å². The van der Waals surface area contributed by atoms with Crippen LogP contribution in [0.3, 0.4) is 0 Å². The maximum atomic E-state index is 10.5. The fourth-order valence-corrected chi connectivity index (χ4v) is 1.95. The van der Waals surface area contributed by atoms with Crippen molar-refractivity contribution in [1.82, 2.24) is 0 Å². The van der Waals surface area contributed by atoms with Gasteiger partial charge in [0.25, 0.3) is 0 Å². The molecule has 1 aromatic carbocycles. The lowest BCUT2D eigenvalue weighted by Crippen LogP contribution is -2.40.